The van der Waals surface area contributed by atoms with Crippen molar-refractivity contribution in [3.63, 3.8) is 0 Å². The maximum atomic E-state index is 13.1. The third-order valence-corrected chi connectivity index (χ3v) is 6.60. The van der Waals surface area contributed by atoms with E-state index in [-0.39, 0.29) is 29.9 Å². The zero-order valence-corrected chi connectivity index (χ0v) is 18.5. The summed E-state index contributed by atoms with van der Waals surface area (Å²) in [5.41, 5.74) is 5.00. The van der Waals surface area contributed by atoms with Crippen LogP contribution in [0.5, 0.6) is 0 Å². The lowest BCUT2D eigenvalue weighted by Gasteiger charge is -2.30. The number of amides is 3. The van der Waals surface area contributed by atoms with Crippen molar-refractivity contribution < 1.29 is 9.59 Å². The number of hydrogen-bond donors (Lipinski definition) is 3. The van der Waals surface area contributed by atoms with Crippen molar-refractivity contribution in [3.05, 3.63) is 70.8 Å². The molecular weight excluding hydrogens is 386 g/mol. The molecule has 0 saturated carbocycles. The zero-order valence-electron chi connectivity index (χ0n) is 18.5. The van der Waals surface area contributed by atoms with Crippen LogP contribution in [0.3, 0.4) is 0 Å². The summed E-state index contributed by atoms with van der Waals surface area (Å²) in [4.78, 5) is 26.0. The minimum Gasteiger partial charge on any atom is -0.347 e. The van der Waals surface area contributed by atoms with Crippen LogP contribution in [0.2, 0.25) is 0 Å². The van der Waals surface area contributed by atoms with Gasteiger partial charge in [-0.1, -0.05) is 62.4 Å². The van der Waals surface area contributed by atoms with Gasteiger partial charge in [-0.2, -0.15) is 0 Å². The van der Waals surface area contributed by atoms with Crippen LogP contribution in [0.25, 0.3) is 0 Å². The zero-order chi connectivity index (χ0) is 21.8. The fourth-order valence-corrected chi connectivity index (χ4v) is 4.95. The summed E-state index contributed by atoms with van der Waals surface area (Å²) >= 11 is 0. The number of aryl methyl sites for hydroxylation is 2. The van der Waals surface area contributed by atoms with Crippen molar-refractivity contribution in [2.45, 2.75) is 70.5 Å². The van der Waals surface area contributed by atoms with E-state index in [1.54, 1.807) is 0 Å². The lowest BCUT2D eigenvalue weighted by molar-refractivity contribution is -0.124. The molecule has 4 rings (SSSR count). The minimum atomic E-state index is -0.576. The van der Waals surface area contributed by atoms with Crippen molar-refractivity contribution in [2.24, 2.45) is 5.92 Å². The summed E-state index contributed by atoms with van der Waals surface area (Å²) in [6.45, 7) is 3.94. The molecule has 0 radical (unpaired) electrons. The van der Waals surface area contributed by atoms with E-state index in [1.807, 2.05) is 32.0 Å². The molecule has 164 valence electrons. The highest BCUT2D eigenvalue weighted by molar-refractivity contribution is 5.87. The van der Waals surface area contributed by atoms with E-state index in [2.05, 4.69) is 46.3 Å². The predicted molar refractivity (Wildman–Crippen MR) is 123 cm³/mol. The largest absolute Gasteiger partial charge is 0.347 e. The molecule has 0 spiro atoms. The second kappa shape index (κ2) is 9.54. The predicted octanol–water partition coefficient (Wildman–Crippen LogP) is 4.58. The Bertz CT molecular complexity index is 940. The lowest BCUT2D eigenvalue weighted by Crippen LogP contribution is -2.53. The first-order valence-corrected chi connectivity index (χ1v) is 11.6. The number of fused-ring (bicyclic) bond motifs is 2. The molecule has 5 nitrogen and oxygen atoms in total. The summed E-state index contributed by atoms with van der Waals surface area (Å²) in [5.74, 6) is -0.126. The molecule has 0 saturated heterocycles. The van der Waals surface area contributed by atoms with E-state index in [4.69, 9.17) is 0 Å². The fourth-order valence-electron chi connectivity index (χ4n) is 4.95. The minimum absolute atomic E-state index is 0.00813. The van der Waals surface area contributed by atoms with Crippen LogP contribution in [-0.2, 0) is 17.6 Å². The Morgan fingerprint density at radius 2 is 1.32 bits per heavy atom. The average molecular weight is 420 g/mol. The number of carbonyl (C=O) groups is 2. The van der Waals surface area contributed by atoms with E-state index < -0.39 is 6.04 Å². The Morgan fingerprint density at radius 3 is 1.87 bits per heavy atom. The van der Waals surface area contributed by atoms with Gasteiger partial charge in [0.1, 0.15) is 6.04 Å². The van der Waals surface area contributed by atoms with Gasteiger partial charge in [-0.25, -0.2) is 4.79 Å². The maximum absolute atomic E-state index is 13.1. The first-order chi connectivity index (χ1) is 15.0. The normalized spacial score (nSPS) is 20.9. The first kappa shape index (κ1) is 21.4. The summed E-state index contributed by atoms with van der Waals surface area (Å²) in [6.07, 6.45) is 6.07. The van der Waals surface area contributed by atoms with E-state index in [9.17, 15) is 9.59 Å². The molecule has 3 amide bonds. The summed E-state index contributed by atoms with van der Waals surface area (Å²) < 4.78 is 0. The van der Waals surface area contributed by atoms with Crippen LogP contribution < -0.4 is 16.0 Å². The van der Waals surface area contributed by atoms with Gasteiger partial charge in [0.2, 0.25) is 5.91 Å². The fraction of sp³-hybridized carbons (Fsp3) is 0.462. The maximum Gasteiger partial charge on any atom is 0.315 e. The van der Waals surface area contributed by atoms with Crippen LogP contribution in [-0.4, -0.2) is 18.0 Å². The first-order valence-electron chi connectivity index (χ1n) is 11.6. The monoisotopic (exact) mass is 419 g/mol. The molecule has 0 aromatic heterocycles. The highest BCUT2D eigenvalue weighted by Gasteiger charge is 2.29. The molecule has 0 fully saturated rings. The van der Waals surface area contributed by atoms with Crippen LogP contribution in [0.1, 0.15) is 73.9 Å². The van der Waals surface area contributed by atoms with E-state index >= 15 is 0 Å². The number of nitrogens with one attached hydrogen (secondary N) is 3. The molecule has 5 heteroatoms. The van der Waals surface area contributed by atoms with Gasteiger partial charge in [-0.15, -0.1) is 0 Å². The Hall–Kier alpha value is -2.82. The molecule has 0 heterocycles. The molecule has 0 unspecified atom stereocenters. The van der Waals surface area contributed by atoms with Gasteiger partial charge in [0, 0.05) is 0 Å². The molecule has 3 N–H and O–H groups in total. The molecule has 2 aliphatic rings. The van der Waals surface area contributed by atoms with Gasteiger partial charge < -0.3 is 16.0 Å². The highest BCUT2D eigenvalue weighted by atomic mass is 16.2. The molecule has 0 bridgehead atoms. The third kappa shape index (κ3) is 4.92. The standard InChI is InChI=1S/C26H33N3O2/c1-17(2)24(25(30)27-22-15-7-11-18-9-3-5-13-20(18)22)29-26(31)28-23-16-8-12-19-10-4-6-14-21(19)23/h3-6,9-10,13-14,17,22-24H,7-8,11-12,15-16H2,1-2H3,(H,27,30)(H2,28,29,31)/t22-,23+,24+/m0/s1. The highest BCUT2D eigenvalue weighted by Crippen LogP contribution is 2.30. The van der Waals surface area contributed by atoms with Gasteiger partial charge in [-0.3, -0.25) is 4.79 Å². The molecule has 2 aromatic rings. The molecule has 31 heavy (non-hydrogen) atoms. The van der Waals surface area contributed by atoms with Crippen molar-refractivity contribution in [3.8, 4) is 0 Å². The second-order valence-corrected chi connectivity index (χ2v) is 9.14. The second-order valence-electron chi connectivity index (χ2n) is 9.14. The Kier molecular flexibility index (Phi) is 6.59. The van der Waals surface area contributed by atoms with Crippen molar-refractivity contribution in [1.29, 1.82) is 0 Å². The number of hydrogen-bond acceptors (Lipinski definition) is 2. The number of benzene rings is 2. The van der Waals surface area contributed by atoms with E-state index in [0.29, 0.717) is 0 Å². The van der Waals surface area contributed by atoms with Gasteiger partial charge in [0.25, 0.3) is 0 Å². The average Bonchev–Trinajstić information content (AvgIpc) is 2.78. The van der Waals surface area contributed by atoms with Gasteiger partial charge in [0.15, 0.2) is 0 Å². The molecule has 0 aliphatic heterocycles. The van der Waals surface area contributed by atoms with Crippen LogP contribution >= 0.6 is 0 Å². The molecule has 3 atom stereocenters. The van der Waals surface area contributed by atoms with E-state index in [0.717, 1.165) is 38.5 Å². The lowest BCUT2D eigenvalue weighted by atomic mass is 9.87. The van der Waals surface area contributed by atoms with Crippen molar-refractivity contribution >= 4 is 11.9 Å². The van der Waals surface area contributed by atoms with Crippen LogP contribution in [0, 0.1) is 5.92 Å². The Balaban J connectivity index is 1.40. The quantitative estimate of drug-likeness (QED) is 0.664. The molecule has 2 aromatic carbocycles. The Morgan fingerprint density at radius 1 is 0.806 bits per heavy atom. The van der Waals surface area contributed by atoms with Crippen molar-refractivity contribution in [2.75, 3.05) is 0 Å². The summed E-state index contributed by atoms with van der Waals surface area (Å²) in [6, 6.07) is 15.7. The number of urea groups is 1. The van der Waals surface area contributed by atoms with Gasteiger partial charge in [-0.05, 0) is 66.7 Å². The third-order valence-electron chi connectivity index (χ3n) is 6.60. The summed E-state index contributed by atoms with van der Waals surface area (Å²) in [5, 5.41) is 9.25. The molecule has 2 aliphatic carbocycles. The smallest absolute Gasteiger partial charge is 0.315 e. The van der Waals surface area contributed by atoms with Gasteiger partial charge in [0.05, 0.1) is 12.1 Å². The number of rotatable bonds is 5. The Labute approximate surface area is 185 Å². The summed E-state index contributed by atoms with van der Waals surface area (Å²) in [7, 11) is 0. The SMILES string of the molecule is CC(C)[C@@H](NC(=O)N[C@@H]1CCCc2ccccc21)C(=O)N[C@H]1CCCc2ccccc21. The topological polar surface area (TPSA) is 70.2 Å². The van der Waals surface area contributed by atoms with Gasteiger partial charge >= 0.3 is 6.03 Å². The molecular formula is C26H33N3O2. The van der Waals surface area contributed by atoms with Crippen LogP contribution in [0.4, 0.5) is 4.79 Å². The van der Waals surface area contributed by atoms with Crippen LogP contribution in [0.15, 0.2) is 48.5 Å². The van der Waals surface area contributed by atoms with E-state index in [1.165, 1.54) is 22.3 Å². The van der Waals surface area contributed by atoms with Crippen molar-refractivity contribution in [1.82, 2.24) is 16.0 Å². The number of carbonyl (C=O) groups excluding carboxylic acids is 2.